The van der Waals surface area contributed by atoms with Crippen LogP contribution in [0, 0.1) is 10.1 Å². The van der Waals surface area contributed by atoms with Gasteiger partial charge in [0, 0.05) is 53.2 Å². The number of anilines is 2. The topological polar surface area (TPSA) is 135 Å². The van der Waals surface area contributed by atoms with Gasteiger partial charge in [0.05, 0.1) is 10.5 Å². The van der Waals surface area contributed by atoms with Gasteiger partial charge in [-0.05, 0) is 59.7 Å². The average Bonchev–Trinajstić information content (AvgIpc) is 2.92. The molecule has 12 heteroatoms. The molecule has 204 valence electrons. The van der Waals surface area contributed by atoms with Crippen molar-refractivity contribution in [3.8, 4) is 11.1 Å². The standard InChI is InChI=1S/C28H22Cl2N4O6/c1-32(28(37)38)22-4-2-3-21(16-22)31-27(36)25(13-17-5-7-19(29)8-6-17)33-12-11-18(14-26(33)35)23-15-20(30)9-10-24(23)34(39)40/h2-12,14-16,25H,13H2,1H3,(H,31,36)(H,37,38). The number of amides is 2. The van der Waals surface area contributed by atoms with Crippen molar-refractivity contribution in [1.82, 2.24) is 4.57 Å². The summed E-state index contributed by atoms with van der Waals surface area (Å²) in [5.74, 6) is -0.534. The third-order valence-corrected chi connectivity index (χ3v) is 6.67. The highest BCUT2D eigenvalue weighted by molar-refractivity contribution is 6.31. The summed E-state index contributed by atoms with van der Waals surface area (Å²) in [6.07, 6.45) is 0.349. The molecule has 3 aromatic carbocycles. The smallest absolute Gasteiger partial charge is 0.411 e. The SMILES string of the molecule is CN(C(=O)O)c1cccc(NC(=O)C(Cc2ccc(Cl)cc2)n2ccc(-c3cc(Cl)ccc3[N+](=O)[O-])cc2=O)c1. The summed E-state index contributed by atoms with van der Waals surface area (Å²) in [6.45, 7) is 0. The van der Waals surface area contributed by atoms with Crippen LogP contribution in [0.5, 0.6) is 0 Å². The van der Waals surface area contributed by atoms with Crippen molar-refractivity contribution in [2.45, 2.75) is 12.5 Å². The normalized spacial score (nSPS) is 11.5. The Balaban J connectivity index is 1.72. The number of hydrogen-bond donors (Lipinski definition) is 2. The molecule has 1 unspecified atom stereocenters. The van der Waals surface area contributed by atoms with E-state index in [0.717, 1.165) is 10.5 Å². The highest BCUT2D eigenvalue weighted by Crippen LogP contribution is 2.32. The number of carboxylic acid groups (broad SMARTS) is 1. The molecule has 4 rings (SSSR count). The number of aromatic nitrogens is 1. The molecule has 1 heterocycles. The van der Waals surface area contributed by atoms with Crippen LogP contribution in [0.4, 0.5) is 21.9 Å². The Bertz CT molecular complexity index is 1660. The lowest BCUT2D eigenvalue weighted by molar-refractivity contribution is -0.384. The third kappa shape index (κ3) is 6.48. The van der Waals surface area contributed by atoms with Crippen LogP contribution in [0.25, 0.3) is 11.1 Å². The number of carbonyl (C=O) groups is 2. The number of nitro benzene ring substituents is 1. The molecular formula is C28H22Cl2N4O6. The van der Waals surface area contributed by atoms with Gasteiger partial charge in [0.2, 0.25) is 5.91 Å². The molecule has 0 bridgehead atoms. The largest absolute Gasteiger partial charge is 0.465 e. The van der Waals surface area contributed by atoms with E-state index in [1.165, 1.54) is 54.2 Å². The van der Waals surface area contributed by atoms with E-state index < -0.39 is 28.5 Å². The lowest BCUT2D eigenvalue weighted by Gasteiger charge is -2.21. The summed E-state index contributed by atoms with van der Waals surface area (Å²) < 4.78 is 1.23. The lowest BCUT2D eigenvalue weighted by Crippen LogP contribution is -2.34. The van der Waals surface area contributed by atoms with Crippen molar-refractivity contribution in [1.29, 1.82) is 0 Å². The first-order valence-corrected chi connectivity index (χ1v) is 12.6. The molecule has 0 fully saturated rings. The minimum absolute atomic E-state index is 0.119. The number of nitrogens with one attached hydrogen (secondary N) is 1. The van der Waals surface area contributed by atoms with Crippen LogP contribution in [-0.2, 0) is 11.2 Å². The summed E-state index contributed by atoms with van der Waals surface area (Å²) >= 11 is 12.1. The minimum atomic E-state index is -1.17. The molecule has 0 aliphatic heterocycles. The molecule has 0 radical (unpaired) electrons. The zero-order chi connectivity index (χ0) is 29.0. The quantitative estimate of drug-likeness (QED) is 0.186. The molecule has 40 heavy (non-hydrogen) atoms. The van der Waals surface area contributed by atoms with Crippen LogP contribution in [0.15, 0.2) is 89.9 Å². The second-order valence-corrected chi connectivity index (χ2v) is 9.68. The highest BCUT2D eigenvalue weighted by Gasteiger charge is 2.24. The van der Waals surface area contributed by atoms with E-state index in [9.17, 15) is 29.6 Å². The fraction of sp³-hybridized carbons (Fsp3) is 0.107. The summed E-state index contributed by atoms with van der Waals surface area (Å²) in [4.78, 5) is 50.2. The zero-order valence-electron chi connectivity index (χ0n) is 21.0. The third-order valence-electron chi connectivity index (χ3n) is 6.18. The van der Waals surface area contributed by atoms with Crippen LogP contribution in [0.1, 0.15) is 11.6 Å². The number of nitro groups is 1. The molecule has 2 N–H and O–H groups in total. The van der Waals surface area contributed by atoms with Crippen LogP contribution in [0.2, 0.25) is 10.0 Å². The molecule has 0 saturated carbocycles. The molecule has 1 atom stereocenters. The molecule has 2 amide bonds. The number of benzene rings is 3. The van der Waals surface area contributed by atoms with Gasteiger partial charge in [-0.15, -0.1) is 0 Å². The zero-order valence-corrected chi connectivity index (χ0v) is 22.5. The van der Waals surface area contributed by atoms with Crippen LogP contribution < -0.4 is 15.8 Å². The second kappa shape index (κ2) is 12.0. The van der Waals surface area contributed by atoms with Crippen molar-refractivity contribution < 1.29 is 19.6 Å². The monoisotopic (exact) mass is 580 g/mol. The van der Waals surface area contributed by atoms with Crippen LogP contribution in [0.3, 0.4) is 0 Å². The van der Waals surface area contributed by atoms with Crippen LogP contribution >= 0.6 is 23.2 Å². The number of nitrogens with zero attached hydrogens (tertiary/aromatic N) is 3. The molecule has 0 spiro atoms. The molecule has 4 aromatic rings. The van der Waals surface area contributed by atoms with Crippen molar-refractivity contribution in [2.24, 2.45) is 0 Å². The molecule has 10 nitrogen and oxygen atoms in total. The fourth-order valence-corrected chi connectivity index (χ4v) is 4.40. The summed E-state index contributed by atoms with van der Waals surface area (Å²) in [7, 11) is 1.37. The van der Waals surface area contributed by atoms with Gasteiger partial charge >= 0.3 is 6.09 Å². The summed E-state index contributed by atoms with van der Waals surface area (Å²) in [5.41, 5.74) is 1.04. The van der Waals surface area contributed by atoms with E-state index >= 15 is 0 Å². The van der Waals surface area contributed by atoms with Gasteiger partial charge in [-0.25, -0.2) is 4.79 Å². The van der Waals surface area contributed by atoms with Gasteiger partial charge in [-0.1, -0.05) is 41.4 Å². The maximum absolute atomic E-state index is 13.6. The number of rotatable bonds is 8. The Morgan fingerprint density at radius 1 is 1.02 bits per heavy atom. The van der Waals surface area contributed by atoms with Gasteiger partial charge < -0.3 is 15.0 Å². The van der Waals surface area contributed by atoms with E-state index in [1.54, 1.807) is 42.5 Å². The van der Waals surface area contributed by atoms with Crippen molar-refractivity contribution in [3.05, 3.63) is 121 Å². The fourth-order valence-electron chi connectivity index (χ4n) is 4.10. The highest BCUT2D eigenvalue weighted by atomic mass is 35.5. The van der Waals surface area contributed by atoms with Gasteiger partial charge in [-0.2, -0.15) is 0 Å². The van der Waals surface area contributed by atoms with E-state index in [2.05, 4.69) is 5.32 Å². The van der Waals surface area contributed by atoms with E-state index in [0.29, 0.717) is 16.4 Å². The van der Waals surface area contributed by atoms with Gasteiger partial charge in [0.1, 0.15) is 6.04 Å². The molecule has 0 saturated heterocycles. The number of carbonyl (C=O) groups excluding carboxylic acids is 1. The first-order valence-electron chi connectivity index (χ1n) is 11.8. The lowest BCUT2D eigenvalue weighted by atomic mass is 10.0. The number of hydrogen-bond acceptors (Lipinski definition) is 5. The minimum Gasteiger partial charge on any atom is -0.465 e. The van der Waals surface area contributed by atoms with E-state index in [-0.39, 0.29) is 28.3 Å². The molecular weight excluding hydrogens is 559 g/mol. The predicted molar refractivity (Wildman–Crippen MR) is 153 cm³/mol. The van der Waals surface area contributed by atoms with Crippen molar-refractivity contribution in [3.63, 3.8) is 0 Å². The maximum atomic E-state index is 13.6. The Labute approximate surface area is 238 Å². The summed E-state index contributed by atoms with van der Waals surface area (Å²) in [5, 5.41) is 24.3. The van der Waals surface area contributed by atoms with E-state index in [4.69, 9.17) is 23.2 Å². The number of halogens is 2. The van der Waals surface area contributed by atoms with Crippen molar-refractivity contribution in [2.75, 3.05) is 17.3 Å². The first kappa shape index (κ1) is 28.3. The van der Waals surface area contributed by atoms with Gasteiger partial charge in [0.15, 0.2) is 0 Å². The van der Waals surface area contributed by atoms with Gasteiger partial charge in [-0.3, -0.25) is 24.6 Å². The average molecular weight is 581 g/mol. The van der Waals surface area contributed by atoms with Crippen LogP contribution in [-0.4, -0.2) is 33.6 Å². The Morgan fingerprint density at radius 3 is 2.38 bits per heavy atom. The summed E-state index contributed by atoms with van der Waals surface area (Å²) in [6, 6.07) is 18.8. The maximum Gasteiger partial charge on any atom is 0.411 e. The molecule has 0 aliphatic carbocycles. The first-order chi connectivity index (χ1) is 19.0. The predicted octanol–water partition coefficient (Wildman–Crippen LogP) is 6.27. The second-order valence-electron chi connectivity index (χ2n) is 8.81. The van der Waals surface area contributed by atoms with Gasteiger partial charge in [0.25, 0.3) is 11.2 Å². The molecule has 0 aliphatic rings. The Morgan fingerprint density at radius 2 is 1.73 bits per heavy atom. The Hall–Kier alpha value is -4.67. The Kier molecular flexibility index (Phi) is 8.52. The van der Waals surface area contributed by atoms with E-state index in [1.807, 2.05) is 0 Å². The molecule has 1 aromatic heterocycles. The number of pyridine rings is 1. The van der Waals surface area contributed by atoms with Crippen molar-refractivity contribution >= 4 is 52.3 Å².